The van der Waals surface area contributed by atoms with Crippen molar-refractivity contribution >= 4 is 17.6 Å². The molecular formula is C22H26F3N7O2. The summed E-state index contributed by atoms with van der Waals surface area (Å²) in [7, 11) is 0. The molecule has 5 rings (SSSR count). The highest BCUT2D eigenvalue weighted by Gasteiger charge is 2.50. The molecule has 0 bridgehead atoms. The van der Waals surface area contributed by atoms with Crippen LogP contribution < -0.4 is 4.90 Å². The van der Waals surface area contributed by atoms with Crippen LogP contribution in [0.25, 0.3) is 16.9 Å². The first-order valence-corrected chi connectivity index (χ1v) is 11.1. The average Bonchev–Trinajstić information content (AvgIpc) is 3.24. The van der Waals surface area contributed by atoms with E-state index in [1.165, 1.54) is 4.90 Å². The molecule has 0 aliphatic carbocycles. The van der Waals surface area contributed by atoms with E-state index in [-0.39, 0.29) is 30.9 Å². The van der Waals surface area contributed by atoms with Crippen molar-refractivity contribution in [3.8, 4) is 11.3 Å². The van der Waals surface area contributed by atoms with Gasteiger partial charge in [-0.1, -0.05) is 0 Å². The van der Waals surface area contributed by atoms with E-state index < -0.39 is 17.8 Å². The Bertz CT molecular complexity index is 1240. The van der Waals surface area contributed by atoms with Gasteiger partial charge in [0.2, 0.25) is 0 Å². The second-order valence-electron chi connectivity index (χ2n) is 9.83. The van der Waals surface area contributed by atoms with Gasteiger partial charge in [0.05, 0.1) is 17.9 Å². The van der Waals surface area contributed by atoms with Gasteiger partial charge >= 0.3 is 12.3 Å². The van der Waals surface area contributed by atoms with Gasteiger partial charge in [-0.3, -0.25) is 9.08 Å². The molecule has 0 N–H and O–H groups in total. The maximum atomic E-state index is 13.4. The predicted molar refractivity (Wildman–Crippen MR) is 118 cm³/mol. The summed E-state index contributed by atoms with van der Waals surface area (Å²) < 4.78 is 49.2. The number of carbonyl (C=O) groups is 1. The van der Waals surface area contributed by atoms with Crippen molar-refractivity contribution in [2.24, 2.45) is 0 Å². The topological polar surface area (TPSA) is 80.8 Å². The minimum Gasteiger partial charge on any atom is -0.444 e. The molecule has 0 aromatic carbocycles. The van der Waals surface area contributed by atoms with Gasteiger partial charge in [-0.25, -0.2) is 14.8 Å². The molecule has 5 heterocycles. The number of aryl methyl sites for hydroxylation is 1. The minimum absolute atomic E-state index is 0.00978. The Hall–Kier alpha value is -3.31. The van der Waals surface area contributed by atoms with E-state index in [4.69, 9.17) is 4.74 Å². The van der Waals surface area contributed by atoms with Crippen molar-refractivity contribution in [1.82, 2.24) is 29.0 Å². The van der Waals surface area contributed by atoms with E-state index in [2.05, 4.69) is 15.1 Å². The summed E-state index contributed by atoms with van der Waals surface area (Å²) in [5.74, 6) is 0.215. The highest BCUT2D eigenvalue weighted by atomic mass is 19.4. The molecular weight excluding hydrogens is 451 g/mol. The molecule has 0 radical (unpaired) electrons. The van der Waals surface area contributed by atoms with Crippen molar-refractivity contribution in [3.63, 3.8) is 0 Å². The molecule has 0 unspecified atom stereocenters. The lowest BCUT2D eigenvalue weighted by Gasteiger charge is -2.42. The van der Waals surface area contributed by atoms with Crippen molar-refractivity contribution in [3.05, 3.63) is 30.5 Å². The molecule has 3 aromatic rings. The SMILES string of the molecule is Cc1cnc2c(N3CC[C@@H]3C(F)(F)F)nc(-c3cnn(C4CN(C(=O)OC(C)(C)C)C4)c3)cn12. The van der Waals surface area contributed by atoms with Gasteiger partial charge in [0.25, 0.3) is 0 Å². The molecule has 1 atom stereocenters. The van der Waals surface area contributed by atoms with E-state index in [9.17, 15) is 18.0 Å². The summed E-state index contributed by atoms with van der Waals surface area (Å²) in [6.45, 7) is 8.50. The monoisotopic (exact) mass is 477 g/mol. The summed E-state index contributed by atoms with van der Waals surface area (Å²) >= 11 is 0. The molecule has 2 aliphatic rings. The van der Waals surface area contributed by atoms with Crippen LogP contribution in [0.5, 0.6) is 0 Å². The first-order chi connectivity index (χ1) is 15.9. The lowest BCUT2D eigenvalue weighted by Crippen LogP contribution is -2.56. The molecule has 0 spiro atoms. The van der Waals surface area contributed by atoms with Crippen molar-refractivity contribution < 1.29 is 22.7 Å². The van der Waals surface area contributed by atoms with Crippen LogP contribution in [0.1, 0.15) is 38.9 Å². The predicted octanol–water partition coefficient (Wildman–Crippen LogP) is 3.83. The van der Waals surface area contributed by atoms with Gasteiger partial charge in [0.15, 0.2) is 11.5 Å². The third-order valence-corrected chi connectivity index (χ3v) is 6.11. The number of anilines is 1. The molecule has 0 saturated carbocycles. The number of aromatic nitrogens is 5. The number of carbonyl (C=O) groups excluding carboxylic acids is 1. The lowest BCUT2D eigenvalue weighted by molar-refractivity contribution is -0.159. The summed E-state index contributed by atoms with van der Waals surface area (Å²) in [5, 5.41) is 4.42. The van der Waals surface area contributed by atoms with E-state index in [0.29, 0.717) is 30.0 Å². The molecule has 2 fully saturated rings. The molecule has 12 heteroatoms. The second kappa shape index (κ2) is 7.60. The number of nitrogens with zero attached hydrogens (tertiary/aromatic N) is 7. The number of imidazole rings is 1. The Balaban J connectivity index is 1.39. The zero-order chi connectivity index (χ0) is 24.4. The zero-order valence-corrected chi connectivity index (χ0v) is 19.4. The standard InChI is InChI=1S/C22H26F3N7O2/c1-13-7-26-18-19(30-6-5-17(30)22(23,24)25)28-16(12-31(13)18)14-8-27-32(9-14)15-10-29(11-15)20(33)34-21(2,3)4/h7-9,12,15,17H,5-6,10-11H2,1-4H3/t17-/m1/s1. The highest BCUT2D eigenvalue weighted by Crippen LogP contribution is 2.38. The number of alkyl halides is 3. The maximum Gasteiger partial charge on any atom is 0.410 e. The van der Waals surface area contributed by atoms with E-state index in [0.717, 1.165) is 5.69 Å². The van der Waals surface area contributed by atoms with Crippen molar-refractivity contribution in [2.75, 3.05) is 24.5 Å². The van der Waals surface area contributed by atoms with Gasteiger partial charge in [-0.15, -0.1) is 0 Å². The number of halogens is 3. The summed E-state index contributed by atoms with van der Waals surface area (Å²) in [6, 6.07) is -1.57. The Morgan fingerprint density at radius 2 is 1.88 bits per heavy atom. The third kappa shape index (κ3) is 3.94. The fraction of sp³-hybridized carbons (Fsp3) is 0.545. The molecule has 34 heavy (non-hydrogen) atoms. The number of rotatable bonds is 3. The normalized spacial score (nSPS) is 19.3. The van der Waals surface area contributed by atoms with Gasteiger partial charge in [0, 0.05) is 49.5 Å². The Morgan fingerprint density at radius 1 is 1.15 bits per heavy atom. The van der Waals surface area contributed by atoms with Crippen LogP contribution in [0, 0.1) is 6.92 Å². The van der Waals surface area contributed by atoms with E-state index in [1.54, 1.807) is 38.8 Å². The Kier molecular flexibility index (Phi) is 5.03. The number of hydrogen-bond acceptors (Lipinski definition) is 6. The van der Waals surface area contributed by atoms with Gasteiger partial charge in [-0.05, 0) is 34.1 Å². The van der Waals surface area contributed by atoms with Crippen LogP contribution in [0.15, 0.2) is 24.8 Å². The van der Waals surface area contributed by atoms with Crippen LogP contribution in [-0.4, -0.2) is 72.6 Å². The molecule has 182 valence electrons. The molecule has 1 amide bonds. The molecule has 9 nitrogen and oxygen atoms in total. The lowest BCUT2D eigenvalue weighted by atomic mass is 10.0. The van der Waals surface area contributed by atoms with Crippen LogP contribution in [0.3, 0.4) is 0 Å². The zero-order valence-electron chi connectivity index (χ0n) is 19.4. The first-order valence-electron chi connectivity index (χ1n) is 11.1. The minimum atomic E-state index is -4.33. The van der Waals surface area contributed by atoms with Gasteiger partial charge < -0.3 is 14.5 Å². The summed E-state index contributed by atoms with van der Waals surface area (Å²) in [4.78, 5) is 23.9. The molecule has 2 saturated heterocycles. The van der Waals surface area contributed by atoms with E-state index in [1.807, 2.05) is 27.7 Å². The van der Waals surface area contributed by atoms with Crippen LogP contribution in [0.2, 0.25) is 0 Å². The quantitative estimate of drug-likeness (QED) is 0.570. The van der Waals surface area contributed by atoms with Gasteiger partial charge in [0.1, 0.15) is 11.6 Å². The summed E-state index contributed by atoms with van der Waals surface area (Å²) in [6.07, 6.45) is 2.17. The second-order valence-corrected chi connectivity index (χ2v) is 9.83. The number of fused-ring (bicyclic) bond motifs is 1. The fourth-order valence-corrected chi connectivity index (χ4v) is 4.17. The van der Waals surface area contributed by atoms with Crippen LogP contribution in [0.4, 0.5) is 23.8 Å². The highest BCUT2D eigenvalue weighted by molar-refractivity contribution is 5.72. The van der Waals surface area contributed by atoms with Gasteiger partial charge in [-0.2, -0.15) is 18.3 Å². The number of likely N-dealkylation sites (tertiary alicyclic amines) is 1. The van der Waals surface area contributed by atoms with Crippen molar-refractivity contribution in [1.29, 1.82) is 0 Å². The number of ether oxygens (including phenoxy) is 1. The largest absolute Gasteiger partial charge is 0.444 e. The fourth-order valence-electron chi connectivity index (χ4n) is 4.17. The first kappa shape index (κ1) is 22.5. The summed E-state index contributed by atoms with van der Waals surface area (Å²) in [5.41, 5.74) is 1.82. The Labute approximate surface area is 194 Å². The van der Waals surface area contributed by atoms with Crippen LogP contribution >= 0.6 is 0 Å². The van der Waals surface area contributed by atoms with E-state index >= 15 is 0 Å². The molecule has 3 aromatic heterocycles. The smallest absolute Gasteiger partial charge is 0.410 e. The maximum absolute atomic E-state index is 13.4. The van der Waals surface area contributed by atoms with Crippen molar-refractivity contribution in [2.45, 2.75) is 58.0 Å². The molecule has 2 aliphatic heterocycles. The number of amides is 1. The average molecular weight is 477 g/mol. The Morgan fingerprint density at radius 3 is 2.50 bits per heavy atom. The third-order valence-electron chi connectivity index (χ3n) is 6.11. The number of hydrogen-bond donors (Lipinski definition) is 0. The van der Waals surface area contributed by atoms with Crippen LogP contribution in [-0.2, 0) is 4.74 Å².